The van der Waals surface area contributed by atoms with Crippen LogP contribution in [0, 0.1) is 0 Å². The number of piperazine rings is 1. The van der Waals surface area contributed by atoms with Gasteiger partial charge in [-0.1, -0.05) is 25.1 Å². The number of alkyl halides is 2. The molecule has 1 aliphatic heterocycles. The van der Waals surface area contributed by atoms with Crippen molar-refractivity contribution in [3.05, 3.63) is 70.3 Å². The number of hydrogen-bond donors (Lipinski definition) is 0. The molecule has 0 aliphatic carbocycles. The number of halogens is 2. The number of fused-ring (bicyclic) bond motifs is 1. The average molecular weight is 551 g/mol. The molecule has 11 heteroatoms. The molecular weight excluding hydrogens is 518 g/mol. The zero-order valence-electron chi connectivity index (χ0n) is 23.0. The summed E-state index contributed by atoms with van der Waals surface area (Å²) >= 11 is 0. The highest BCUT2D eigenvalue weighted by atomic mass is 19.3. The standard InChI is InChI=1S/C29H32F2N6O3/c1-5-20-7-6-8-26(40-28(30)31)24(20)17-37-25-13-21(9-10-23(25)27(39)34(37)4)22-14-32-29(33-15-22)35-11-12-36(19(3)38)18(2)16-35/h6-10,13-15,18,28H,5,11-12,16-17H2,1-4H3/t18-/m1/s1. The zero-order valence-corrected chi connectivity index (χ0v) is 23.0. The van der Waals surface area contributed by atoms with E-state index in [1.807, 2.05) is 36.9 Å². The third kappa shape index (κ3) is 5.15. The van der Waals surface area contributed by atoms with Gasteiger partial charge in [0.05, 0.1) is 17.4 Å². The Bertz CT molecular complexity index is 1600. The van der Waals surface area contributed by atoms with E-state index in [4.69, 9.17) is 4.74 Å². The maximum absolute atomic E-state index is 13.2. The van der Waals surface area contributed by atoms with Crippen LogP contribution in [0.5, 0.6) is 5.75 Å². The molecule has 2 aromatic carbocycles. The normalized spacial score (nSPS) is 15.7. The van der Waals surface area contributed by atoms with Crippen LogP contribution in [0.2, 0.25) is 0 Å². The second kappa shape index (κ2) is 11.1. The van der Waals surface area contributed by atoms with Crippen LogP contribution < -0.4 is 15.2 Å². The molecule has 0 N–H and O–H groups in total. The van der Waals surface area contributed by atoms with Crippen LogP contribution >= 0.6 is 0 Å². The van der Waals surface area contributed by atoms with Crippen molar-refractivity contribution >= 4 is 22.8 Å². The first kappa shape index (κ1) is 27.3. The van der Waals surface area contributed by atoms with E-state index in [1.54, 1.807) is 43.2 Å². The molecule has 1 aliphatic rings. The van der Waals surface area contributed by atoms with Gasteiger partial charge in [-0.3, -0.25) is 19.0 Å². The Labute approximate surface area is 230 Å². The summed E-state index contributed by atoms with van der Waals surface area (Å²) in [6.45, 7) is 4.70. The van der Waals surface area contributed by atoms with Gasteiger partial charge in [-0.15, -0.1) is 0 Å². The van der Waals surface area contributed by atoms with E-state index < -0.39 is 6.61 Å². The molecule has 40 heavy (non-hydrogen) atoms. The number of nitrogens with zero attached hydrogens (tertiary/aromatic N) is 6. The molecule has 1 atom stereocenters. The summed E-state index contributed by atoms with van der Waals surface area (Å²) in [4.78, 5) is 37.9. The molecule has 1 fully saturated rings. The summed E-state index contributed by atoms with van der Waals surface area (Å²) in [5.41, 5.74) is 3.55. The molecule has 1 saturated heterocycles. The number of rotatable bonds is 7. The summed E-state index contributed by atoms with van der Waals surface area (Å²) in [7, 11) is 1.66. The van der Waals surface area contributed by atoms with E-state index in [2.05, 4.69) is 14.9 Å². The van der Waals surface area contributed by atoms with Gasteiger partial charge in [0.2, 0.25) is 11.9 Å². The van der Waals surface area contributed by atoms with Gasteiger partial charge in [0.25, 0.3) is 5.56 Å². The molecule has 0 bridgehead atoms. The molecule has 1 amide bonds. The van der Waals surface area contributed by atoms with Crippen LogP contribution in [0.25, 0.3) is 22.0 Å². The van der Waals surface area contributed by atoms with Gasteiger partial charge in [0.1, 0.15) is 5.75 Å². The first-order valence-electron chi connectivity index (χ1n) is 13.3. The SMILES string of the molecule is CCc1cccc(OC(F)F)c1Cn1c2cc(-c3cnc(N4CCN(C(C)=O)[C@H](C)C4)nc3)ccc2c(=O)n1C. The third-order valence-corrected chi connectivity index (χ3v) is 7.58. The van der Waals surface area contributed by atoms with E-state index in [0.29, 0.717) is 48.5 Å². The highest BCUT2D eigenvalue weighted by Crippen LogP contribution is 2.29. The lowest BCUT2D eigenvalue weighted by molar-refractivity contribution is -0.131. The number of aromatic nitrogens is 4. The summed E-state index contributed by atoms with van der Waals surface area (Å²) in [6.07, 6.45) is 4.12. The Kier molecular flexibility index (Phi) is 7.55. The second-order valence-electron chi connectivity index (χ2n) is 10.0. The molecule has 210 valence electrons. The van der Waals surface area contributed by atoms with Gasteiger partial charge in [0, 0.05) is 63.2 Å². The molecule has 0 spiro atoms. The third-order valence-electron chi connectivity index (χ3n) is 7.58. The van der Waals surface area contributed by atoms with Gasteiger partial charge in [0.15, 0.2) is 0 Å². The average Bonchev–Trinajstić information content (AvgIpc) is 3.17. The van der Waals surface area contributed by atoms with Crippen molar-refractivity contribution in [3.8, 4) is 16.9 Å². The highest BCUT2D eigenvalue weighted by Gasteiger charge is 2.26. The molecule has 2 aromatic heterocycles. The van der Waals surface area contributed by atoms with Gasteiger partial charge in [-0.25, -0.2) is 9.97 Å². The van der Waals surface area contributed by atoms with Gasteiger partial charge >= 0.3 is 6.61 Å². The van der Waals surface area contributed by atoms with E-state index in [1.165, 1.54) is 10.7 Å². The predicted octanol–water partition coefficient (Wildman–Crippen LogP) is 4.07. The van der Waals surface area contributed by atoms with Crippen LogP contribution in [0.15, 0.2) is 53.6 Å². The van der Waals surface area contributed by atoms with E-state index in [9.17, 15) is 18.4 Å². The minimum Gasteiger partial charge on any atom is -0.434 e. The number of carbonyl (C=O) groups is 1. The molecule has 0 saturated carbocycles. The summed E-state index contributed by atoms with van der Waals surface area (Å²) < 4.78 is 34.4. The monoisotopic (exact) mass is 550 g/mol. The molecule has 5 rings (SSSR count). The largest absolute Gasteiger partial charge is 0.434 e. The number of benzene rings is 2. The molecule has 9 nitrogen and oxygen atoms in total. The van der Waals surface area contributed by atoms with Crippen molar-refractivity contribution in [2.45, 2.75) is 46.4 Å². The van der Waals surface area contributed by atoms with E-state index >= 15 is 0 Å². The minimum atomic E-state index is -2.95. The quantitative estimate of drug-likeness (QED) is 0.345. The van der Waals surface area contributed by atoms with Gasteiger partial charge in [-0.2, -0.15) is 8.78 Å². The van der Waals surface area contributed by atoms with Crippen molar-refractivity contribution in [1.29, 1.82) is 0 Å². The molecule has 4 aromatic rings. The molecule has 3 heterocycles. The fraction of sp³-hybridized carbons (Fsp3) is 0.379. The van der Waals surface area contributed by atoms with Crippen LogP contribution in [0.3, 0.4) is 0 Å². The predicted molar refractivity (Wildman–Crippen MR) is 149 cm³/mol. The smallest absolute Gasteiger partial charge is 0.387 e. The Morgan fingerprint density at radius 2 is 1.88 bits per heavy atom. The van der Waals surface area contributed by atoms with Crippen molar-refractivity contribution in [2.75, 3.05) is 24.5 Å². The Morgan fingerprint density at radius 1 is 1.12 bits per heavy atom. The zero-order chi connectivity index (χ0) is 28.6. The fourth-order valence-electron chi connectivity index (χ4n) is 5.46. The number of anilines is 1. The number of ether oxygens (including phenoxy) is 1. The lowest BCUT2D eigenvalue weighted by Crippen LogP contribution is -2.53. The van der Waals surface area contributed by atoms with Crippen LogP contribution in [-0.4, -0.2) is 62.4 Å². The number of carbonyl (C=O) groups excluding carboxylic acids is 1. The summed E-state index contributed by atoms with van der Waals surface area (Å²) in [5.74, 6) is 0.760. The maximum atomic E-state index is 13.2. The maximum Gasteiger partial charge on any atom is 0.387 e. The Hall–Kier alpha value is -4.28. The highest BCUT2D eigenvalue weighted by molar-refractivity contribution is 5.84. The van der Waals surface area contributed by atoms with Crippen molar-refractivity contribution in [2.24, 2.45) is 7.05 Å². The van der Waals surface area contributed by atoms with Gasteiger partial charge < -0.3 is 14.5 Å². The van der Waals surface area contributed by atoms with E-state index in [0.717, 1.165) is 16.7 Å². The summed E-state index contributed by atoms with van der Waals surface area (Å²) in [6, 6.07) is 10.7. The Morgan fingerprint density at radius 3 is 2.52 bits per heavy atom. The van der Waals surface area contributed by atoms with Gasteiger partial charge in [-0.05, 0) is 42.7 Å². The van der Waals surface area contributed by atoms with E-state index in [-0.39, 0.29) is 29.8 Å². The van der Waals surface area contributed by atoms with Crippen molar-refractivity contribution in [3.63, 3.8) is 0 Å². The first-order valence-corrected chi connectivity index (χ1v) is 13.3. The molecule has 0 radical (unpaired) electrons. The minimum absolute atomic E-state index is 0.0640. The van der Waals surface area contributed by atoms with Crippen LogP contribution in [-0.2, 0) is 24.8 Å². The van der Waals surface area contributed by atoms with Crippen molar-refractivity contribution in [1.82, 2.24) is 24.2 Å². The van der Waals surface area contributed by atoms with Crippen molar-refractivity contribution < 1.29 is 18.3 Å². The fourth-order valence-corrected chi connectivity index (χ4v) is 5.46. The lowest BCUT2D eigenvalue weighted by atomic mass is 10.0. The van der Waals surface area contributed by atoms with Crippen LogP contribution in [0.1, 0.15) is 31.9 Å². The topological polar surface area (TPSA) is 85.5 Å². The molecule has 0 unspecified atom stereocenters. The van der Waals surface area contributed by atoms with Crippen LogP contribution in [0.4, 0.5) is 14.7 Å². The summed E-state index contributed by atoms with van der Waals surface area (Å²) in [5, 5.41) is 0.520. The lowest BCUT2D eigenvalue weighted by Gasteiger charge is -2.39. The second-order valence-corrected chi connectivity index (χ2v) is 10.0. The number of aryl methyl sites for hydroxylation is 1. The Balaban J connectivity index is 1.47. The molecular formula is C29H32F2N6O3. The first-order chi connectivity index (χ1) is 19.2. The number of hydrogen-bond acceptors (Lipinski definition) is 6. The number of amides is 1.